The molecule has 1 fully saturated rings. The number of nitrogens with one attached hydrogen (secondary N) is 2. The van der Waals surface area contributed by atoms with Crippen LogP contribution in [0.4, 0.5) is 0 Å². The van der Waals surface area contributed by atoms with E-state index in [1.54, 1.807) is 31.1 Å². The Balaban J connectivity index is 1.36. The summed E-state index contributed by atoms with van der Waals surface area (Å²) in [4.78, 5) is 61.2. The molecule has 1 aromatic carbocycles. The first-order chi connectivity index (χ1) is 18.6. The van der Waals surface area contributed by atoms with Crippen molar-refractivity contribution in [1.82, 2.24) is 25.4 Å². The molecule has 2 N–H and O–H groups in total. The van der Waals surface area contributed by atoms with Crippen molar-refractivity contribution in [3.63, 3.8) is 0 Å². The van der Waals surface area contributed by atoms with E-state index in [2.05, 4.69) is 20.5 Å². The summed E-state index contributed by atoms with van der Waals surface area (Å²) in [5.74, 6) is -1.35. The van der Waals surface area contributed by atoms with Crippen LogP contribution in [0.1, 0.15) is 50.2 Å². The highest BCUT2D eigenvalue weighted by Crippen LogP contribution is 2.29. The Hall–Kier alpha value is -3.28. The van der Waals surface area contributed by atoms with Crippen molar-refractivity contribution >= 4 is 51.6 Å². The molecule has 1 aliphatic heterocycles. The molecule has 1 saturated carbocycles. The molecule has 10 nitrogen and oxygen atoms in total. The summed E-state index contributed by atoms with van der Waals surface area (Å²) < 4.78 is 5.70. The zero-order valence-electron chi connectivity index (χ0n) is 22.0. The normalized spacial score (nSPS) is 21.3. The minimum absolute atomic E-state index is 0.0223. The van der Waals surface area contributed by atoms with Crippen LogP contribution in [0.25, 0.3) is 11.0 Å². The molecule has 2 aliphatic rings. The van der Waals surface area contributed by atoms with E-state index in [-0.39, 0.29) is 39.9 Å². The molecule has 1 aliphatic carbocycles. The Bertz CT molecular complexity index is 1500. The first kappa shape index (κ1) is 27.3. The van der Waals surface area contributed by atoms with Crippen LogP contribution < -0.4 is 16.1 Å². The maximum Gasteiger partial charge on any atom is 0.287 e. The lowest BCUT2D eigenvalue weighted by molar-refractivity contribution is -0.134. The summed E-state index contributed by atoms with van der Waals surface area (Å²) >= 11 is 7.36. The fourth-order valence-electron chi connectivity index (χ4n) is 5.22. The molecule has 3 amide bonds. The van der Waals surface area contributed by atoms with E-state index >= 15 is 0 Å². The van der Waals surface area contributed by atoms with Gasteiger partial charge in [0.25, 0.3) is 11.8 Å². The number of thiazole rings is 1. The number of benzene rings is 1. The molecule has 3 heterocycles. The highest BCUT2D eigenvalue weighted by atomic mass is 35.5. The van der Waals surface area contributed by atoms with E-state index in [9.17, 15) is 19.2 Å². The van der Waals surface area contributed by atoms with Crippen LogP contribution in [0.15, 0.2) is 33.5 Å². The number of hydrogen-bond acceptors (Lipinski definition) is 8. The van der Waals surface area contributed by atoms with Crippen molar-refractivity contribution in [2.24, 2.45) is 5.92 Å². The van der Waals surface area contributed by atoms with E-state index in [4.69, 9.17) is 16.0 Å². The van der Waals surface area contributed by atoms with Gasteiger partial charge in [-0.05, 0) is 44.5 Å². The van der Waals surface area contributed by atoms with Gasteiger partial charge in [-0.2, -0.15) is 0 Å². The lowest BCUT2D eigenvalue weighted by Gasteiger charge is -2.37. The third-order valence-corrected chi connectivity index (χ3v) is 8.62. The third-order valence-electron chi connectivity index (χ3n) is 7.30. The second-order valence-corrected chi connectivity index (χ2v) is 11.9. The maximum absolute atomic E-state index is 13.3. The van der Waals surface area contributed by atoms with Gasteiger partial charge >= 0.3 is 0 Å². The van der Waals surface area contributed by atoms with E-state index in [1.807, 2.05) is 7.05 Å². The van der Waals surface area contributed by atoms with Gasteiger partial charge in [-0.1, -0.05) is 11.6 Å². The standard InChI is InChI=1S/C27H30ClN5O5S/c1-32(2)27(37)14-4-6-17(29-24(35)22-12-20(34)16-11-15(28)5-7-21(16)38-22)19(10-14)30-25(36)26-31-18-8-9-33(3)13-23(18)39-26/h5,7,11-12,14,17,19H,4,6,8-10,13H2,1-3H3,(H,29,35)(H,30,36)/t14?,17?,19-/m1/s1. The van der Waals surface area contributed by atoms with Gasteiger partial charge in [-0.25, -0.2) is 4.98 Å². The number of aromatic nitrogens is 1. The minimum Gasteiger partial charge on any atom is -0.451 e. The highest BCUT2D eigenvalue weighted by molar-refractivity contribution is 7.13. The van der Waals surface area contributed by atoms with Crippen molar-refractivity contribution in [3.05, 3.63) is 60.9 Å². The van der Waals surface area contributed by atoms with E-state index in [0.29, 0.717) is 29.3 Å². The Labute approximate surface area is 234 Å². The Kier molecular flexibility index (Phi) is 7.75. The van der Waals surface area contributed by atoms with Crippen molar-refractivity contribution in [2.45, 2.75) is 44.3 Å². The maximum atomic E-state index is 13.3. The Morgan fingerprint density at radius 2 is 1.90 bits per heavy atom. The Morgan fingerprint density at radius 3 is 2.67 bits per heavy atom. The fourth-order valence-corrected chi connectivity index (χ4v) is 6.49. The van der Waals surface area contributed by atoms with Gasteiger partial charge in [-0.15, -0.1) is 11.3 Å². The number of hydrogen-bond donors (Lipinski definition) is 2. The summed E-state index contributed by atoms with van der Waals surface area (Å²) in [5, 5.41) is 7.01. The molecule has 2 unspecified atom stereocenters. The number of amides is 3. The summed E-state index contributed by atoms with van der Waals surface area (Å²) in [6.07, 6.45) is 2.17. The summed E-state index contributed by atoms with van der Waals surface area (Å²) in [7, 11) is 5.44. The van der Waals surface area contributed by atoms with Crippen LogP contribution in [0.2, 0.25) is 5.02 Å². The van der Waals surface area contributed by atoms with Crippen LogP contribution in [0, 0.1) is 5.92 Å². The predicted octanol–water partition coefficient (Wildman–Crippen LogP) is 2.68. The van der Waals surface area contributed by atoms with Crippen molar-refractivity contribution in [2.75, 3.05) is 27.7 Å². The summed E-state index contributed by atoms with van der Waals surface area (Å²) in [6, 6.07) is 4.77. The van der Waals surface area contributed by atoms with Gasteiger partial charge in [-0.3, -0.25) is 19.2 Å². The van der Waals surface area contributed by atoms with Gasteiger partial charge in [0.05, 0.1) is 17.1 Å². The van der Waals surface area contributed by atoms with Crippen LogP contribution in [-0.2, 0) is 17.8 Å². The molecular formula is C27H30ClN5O5S. The second kappa shape index (κ2) is 11.1. The van der Waals surface area contributed by atoms with E-state index in [1.165, 1.54) is 17.4 Å². The molecule has 0 bridgehead atoms. The average molecular weight is 572 g/mol. The van der Waals surface area contributed by atoms with Gasteiger partial charge in [0.1, 0.15) is 5.58 Å². The molecule has 0 spiro atoms. The smallest absolute Gasteiger partial charge is 0.287 e. The molecule has 0 radical (unpaired) electrons. The summed E-state index contributed by atoms with van der Waals surface area (Å²) in [6.45, 7) is 1.64. The number of nitrogens with zero attached hydrogens (tertiary/aromatic N) is 3. The molecular weight excluding hydrogens is 542 g/mol. The number of fused-ring (bicyclic) bond motifs is 2. The largest absolute Gasteiger partial charge is 0.451 e. The quantitative estimate of drug-likeness (QED) is 0.482. The second-order valence-electron chi connectivity index (χ2n) is 10.4. The first-order valence-corrected chi connectivity index (χ1v) is 14.0. The van der Waals surface area contributed by atoms with Crippen LogP contribution in [0.3, 0.4) is 0 Å². The van der Waals surface area contributed by atoms with Crippen molar-refractivity contribution in [1.29, 1.82) is 0 Å². The molecule has 39 heavy (non-hydrogen) atoms. The summed E-state index contributed by atoms with van der Waals surface area (Å²) in [5.41, 5.74) is 0.818. The number of carbonyl (C=O) groups excluding carboxylic acids is 3. The topological polar surface area (TPSA) is 125 Å². The molecule has 5 rings (SSSR count). The molecule has 206 valence electrons. The molecule has 3 aromatic rings. The highest BCUT2D eigenvalue weighted by Gasteiger charge is 2.37. The number of likely N-dealkylation sites (N-methyl/N-ethyl adjacent to an activating group) is 1. The van der Waals surface area contributed by atoms with Gasteiger partial charge in [0, 0.05) is 61.5 Å². The SMILES string of the molecule is CN1CCc2nc(C(=O)N[C@@H]3CC(C(=O)N(C)C)CCC3NC(=O)c3cc(=O)c4cc(Cl)ccc4o3)sc2C1. The van der Waals surface area contributed by atoms with E-state index < -0.39 is 18.0 Å². The van der Waals surface area contributed by atoms with Gasteiger partial charge < -0.3 is 24.9 Å². The molecule has 0 saturated heterocycles. The number of rotatable bonds is 5. The van der Waals surface area contributed by atoms with Crippen LogP contribution >= 0.6 is 22.9 Å². The first-order valence-electron chi connectivity index (χ1n) is 12.8. The zero-order chi connectivity index (χ0) is 27.8. The van der Waals surface area contributed by atoms with E-state index in [0.717, 1.165) is 36.1 Å². The van der Waals surface area contributed by atoms with Gasteiger partial charge in [0.2, 0.25) is 5.91 Å². The van der Waals surface area contributed by atoms with Crippen molar-refractivity contribution in [3.8, 4) is 0 Å². The third kappa shape index (κ3) is 5.85. The minimum atomic E-state index is -0.571. The number of halogens is 1. The molecule has 2 aromatic heterocycles. The van der Waals surface area contributed by atoms with Gasteiger partial charge in [0.15, 0.2) is 16.2 Å². The fraction of sp³-hybridized carbons (Fsp3) is 0.444. The average Bonchev–Trinajstić information content (AvgIpc) is 3.33. The lowest BCUT2D eigenvalue weighted by atomic mass is 9.81. The Morgan fingerprint density at radius 1 is 1.13 bits per heavy atom. The predicted molar refractivity (Wildman–Crippen MR) is 148 cm³/mol. The van der Waals surface area contributed by atoms with Crippen LogP contribution in [0.5, 0.6) is 0 Å². The monoisotopic (exact) mass is 571 g/mol. The number of carbonyl (C=O) groups is 3. The van der Waals surface area contributed by atoms with Crippen LogP contribution in [-0.4, -0.2) is 72.3 Å². The lowest BCUT2D eigenvalue weighted by Crippen LogP contribution is -2.56. The molecule has 3 atom stereocenters. The zero-order valence-corrected chi connectivity index (χ0v) is 23.5. The van der Waals surface area contributed by atoms with Crippen molar-refractivity contribution < 1.29 is 18.8 Å². The molecule has 12 heteroatoms.